The molecule has 3 N–H and O–H groups in total. The van der Waals surface area contributed by atoms with Crippen LogP contribution in [0.4, 0.5) is 5.69 Å². The lowest BCUT2D eigenvalue weighted by Gasteiger charge is -2.13. The lowest BCUT2D eigenvalue weighted by atomic mass is 10.2. The second kappa shape index (κ2) is 5.61. The van der Waals surface area contributed by atoms with Gasteiger partial charge in [-0.15, -0.1) is 0 Å². The van der Waals surface area contributed by atoms with Crippen LogP contribution in [-0.4, -0.2) is 32.2 Å². The molecule has 7 nitrogen and oxygen atoms in total. The second-order valence-electron chi connectivity index (χ2n) is 5.40. The number of nitrogens with two attached hydrogens (primary N) is 1. The van der Waals surface area contributed by atoms with Crippen LogP contribution < -0.4 is 11.1 Å². The average molecular weight is 341 g/mol. The van der Waals surface area contributed by atoms with Gasteiger partial charge in [-0.2, -0.15) is 5.10 Å². The van der Waals surface area contributed by atoms with Crippen molar-refractivity contribution in [1.82, 2.24) is 25.1 Å². The van der Waals surface area contributed by atoms with Gasteiger partial charge in [0.1, 0.15) is 11.4 Å². The van der Waals surface area contributed by atoms with Gasteiger partial charge in [0.2, 0.25) is 0 Å². The minimum Gasteiger partial charge on any atom is -0.398 e. The zero-order valence-electron chi connectivity index (χ0n) is 12.5. The Morgan fingerprint density at radius 1 is 1.21 bits per heavy atom. The molecular formula is C16H13ClN6O. The molecule has 0 fully saturated rings. The standard InChI is InChI=1S/C16H13ClN6O/c17-10-7-9(1-2-11(10)18)15-19-4-3-12(21-15)13-8-14-16(24)20-5-6-23(14)22-13/h1-4,7-8H,5-6,18H2,(H,20,24). The Balaban J connectivity index is 1.75. The lowest BCUT2D eigenvalue weighted by molar-refractivity contribution is 0.0924. The first kappa shape index (κ1) is 14.6. The van der Waals surface area contributed by atoms with E-state index in [2.05, 4.69) is 20.4 Å². The molecule has 1 aliphatic rings. The van der Waals surface area contributed by atoms with Gasteiger partial charge in [0.25, 0.3) is 5.91 Å². The molecule has 2 aromatic heterocycles. The number of halogens is 1. The molecule has 1 aliphatic heterocycles. The van der Waals surface area contributed by atoms with E-state index >= 15 is 0 Å². The molecule has 3 aromatic rings. The van der Waals surface area contributed by atoms with Crippen molar-refractivity contribution < 1.29 is 4.79 Å². The Labute approximate surface area is 142 Å². The zero-order chi connectivity index (χ0) is 16.7. The molecule has 0 atom stereocenters. The highest BCUT2D eigenvalue weighted by Crippen LogP contribution is 2.26. The molecule has 0 saturated heterocycles. The third-order valence-corrected chi connectivity index (χ3v) is 4.13. The number of nitrogens with one attached hydrogen (secondary N) is 1. The topological polar surface area (TPSA) is 98.7 Å². The number of carbonyl (C=O) groups excluding carboxylic acids is 1. The van der Waals surface area contributed by atoms with Crippen molar-refractivity contribution in [2.24, 2.45) is 0 Å². The fourth-order valence-electron chi connectivity index (χ4n) is 2.57. The first-order valence-corrected chi connectivity index (χ1v) is 7.74. The molecule has 0 spiro atoms. The highest BCUT2D eigenvalue weighted by atomic mass is 35.5. The summed E-state index contributed by atoms with van der Waals surface area (Å²) in [4.78, 5) is 20.7. The summed E-state index contributed by atoms with van der Waals surface area (Å²) in [5.74, 6) is 0.393. The van der Waals surface area contributed by atoms with Crippen LogP contribution in [-0.2, 0) is 6.54 Å². The normalized spacial score (nSPS) is 13.5. The summed E-state index contributed by atoms with van der Waals surface area (Å²) in [6.45, 7) is 1.22. The van der Waals surface area contributed by atoms with Gasteiger partial charge in [-0.1, -0.05) is 11.6 Å². The Morgan fingerprint density at radius 3 is 2.88 bits per heavy atom. The second-order valence-corrected chi connectivity index (χ2v) is 5.80. The monoisotopic (exact) mass is 340 g/mol. The number of nitrogens with zero attached hydrogens (tertiary/aromatic N) is 4. The third-order valence-electron chi connectivity index (χ3n) is 3.80. The Kier molecular flexibility index (Phi) is 3.42. The SMILES string of the molecule is Nc1ccc(-c2nccc(-c3cc4n(n3)CCNC4=O)n2)cc1Cl. The van der Waals surface area contributed by atoms with Gasteiger partial charge >= 0.3 is 0 Å². The lowest BCUT2D eigenvalue weighted by Crippen LogP contribution is -2.35. The highest BCUT2D eigenvalue weighted by molar-refractivity contribution is 6.33. The molecule has 0 saturated carbocycles. The highest BCUT2D eigenvalue weighted by Gasteiger charge is 2.20. The Hall–Kier alpha value is -2.93. The summed E-state index contributed by atoms with van der Waals surface area (Å²) in [5.41, 5.74) is 8.81. The number of aromatic nitrogens is 4. The van der Waals surface area contributed by atoms with E-state index in [1.54, 1.807) is 35.1 Å². The van der Waals surface area contributed by atoms with E-state index in [4.69, 9.17) is 17.3 Å². The van der Waals surface area contributed by atoms with Crippen LogP contribution in [0.5, 0.6) is 0 Å². The van der Waals surface area contributed by atoms with Gasteiger partial charge < -0.3 is 11.1 Å². The summed E-state index contributed by atoms with van der Waals surface area (Å²) in [6.07, 6.45) is 1.65. The maximum atomic E-state index is 11.9. The largest absolute Gasteiger partial charge is 0.398 e. The molecule has 0 unspecified atom stereocenters. The molecule has 1 amide bonds. The molecule has 1 aromatic carbocycles. The first-order valence-electron chi connectivity index (χ1n) is 7.37. The van der Waals surface area contributed by atoms with E-state index < -0.39 is 0 Å². The minimum atomic E-state index is -0.125. The fourth-order valence-corrected chi connectivity index (χ4v) is 2.75. The first-order chi connectivity index (χ1) is 11.6. The van der Waals surface area contributed by atoms with E-state index in [-0.39, 0.29) is 5.91 Å². The van der Waals surface area contributed by atoms with Crippen LogP contribution in [0.3, 0.4) is 0 Å². The van der Waals surface area contributed by atoms with Crippen molar-refractivity contribution in [3.8, 4) is 22.8 Å². The Bertz CT molecular complexity index is 951. The van der Waals surface area contributed by atoms with Gasteiger partial charge in [0, 0.05) is 18.3 Å². The molecule has 0 radical (unpaired) electrons. The van der Waals surface area contributed by atoms with Crippen molar-refractivity contribution in [3.05, 3.63) is 47.2 Å². The minimum absolute atomic E-state index is 0.125. The number of benzene rings is 1. The maximum Gasteiger partial charge on any atom is 0.269 e. The third kappa shape index (κ3) is 2.48. The van der Waals surface area contributed by atoms with Crippen LogP contribution in [0.1, 0.15) is 10.5 Å². The number of hydrogen-bond donors (Lipinski definition) is 2. The van der Waals surface area contributed by atoms with Crippen molar-refractivity contribution in [2.45, 2.75) is 6.54 Å². The number of carbonyl (C=O) groups is 1. The van der Waals surface area contributed by atoms with Crippen molar-refractivity contribution in [1.29, 1.82) is 0 Å². The van der Waals surface area contributed by atoms with Gasteiger partial charge in [0.15, 0.2) is 5.82 Å². The smallest absolute Gasteiger partial charge is 0.269 e. The average Bonchev–Trinajstić information content (AvgIpc) is 3.03. The molecule has 24 heavy (non-hydrogen) atoms. The number of nitrogen functional groups attached to an aromatic ring is 1. The maximum absolute atomic E-state index is 11.9. The van der Waals surface area contributed by atoms with Crippen molar-refractivity contribution >= 4 is 23.2 Å². The van der Waals surface area contributed by atoms with Crippen LogP contribution in [0.15, 0.2) is 36.5 Å². The van der Waals surface area contributed by atoms with Crippen molar-refractivity contribution in [3.63, 3.8) is 0 Å². The molecule has 4 rings (SSSR count). The van der Waals surface area contributed by atoms with Gasteiger partial charge in [-0.3, -0.25) is 9.48 Å². The molecule has 8 heteroatoms. The zero-order valence-corrected chi connectivity index (χ0v) is 13.3. The molecule has 120 valence electrons. The molecule has 0 aliphatic carbocycles. The van der Waals surface area contributed by atoms with Crippen LogP contribution in [0.2, 0.25) is 5.02 Å². The summed E-state index contributed by atoms with van der Waals surface area (Å²) < 4.78 is 1.69. The summed E-state index contributed by atoms with van der Waals surface area (Å²) in [6, 6.07) is 8.74. The van der Waals surface area contributed by atoms with Gasteiger partial charge in [-0.25, -0.2) is 9.97 Å². The number of fused-ring (bicyclic) bond motifs is 1. The molecule has 0 bridgehead atoms. The fraction of sp³-hybridized carbons (Fsp3) is 0.125. The van der Waals surface area contributed by atoms with E-state index in [9.17, 15) is 4.79 Å². The molecule has 3 heterocycles. The van der Waals surface area contributed by atoms with E-state index in [0.717, 1.165) is 5.56 Å². The predicted octanol–water partition coefficient (Wildman–Crippen LogP) is 1.99. The number of amides is 1. The van der Waals surface area contributed by atoms with E-state index in [0.29, 0.717) is 46.7 Å². The van der Waals surface area contributed by atoms with E-state index in [1.165, 1.54) is 0 Å². The van der Waals surface area contributed by atoms with Crippen LogP contribution in [0, 0.1) is 0 Å². The van der Waals surface area contributed by atoms with Crippen LogP contribution in [0.25, 0.3) is 22.8 Å². The Morgan fingerprint density at radius 2 is 2.08 bits per heavy atom. The van der Waals surface area contributed by atoms with Crippen LogP contribution >= 0.6 is 11.6 Å². The predicted molar refractivity (Wildman–Crippen MR) is 90.4 cm³/mol. The summed E-state index contributed by atoms with van der Waals surface area (Å²) in [5, 5.41) is 7.70. The van der Waals surface area contributed by atoms with E-state index in [1.807, 2.05) is 6.07 Å². The number of anilines is 1. The van der Waals surface area contributed by atoms with Gasteiger partial charge in [0.05, 0.1) is 22.9 Å². The molecular weight excluding hydrogens is 328 g/mol. The summed E-state index contributed by atoms with van der Waals surface area (Å²) >= 11 is 6.06. The number of rotatable bonds is 2. The number of hydrogen-bond acceptors (Lipinski definition) is 5. The van der Waals surface area contributed by atoms with Gasteiger partial charge in [-0.05, 0) is 30.3 Å². The van der Waals surface area contributed by atoms with Crippen molar-refractivity contribution in [2.75, 3.05) is 12.3 Å². The quantitative estimate of drug-likeness (QED) is 0.695. The summed E-state index contributed by atoms with van der Waals surface area (Å²) in [7, 11) is 0.